The van der Waals surface area contributed by atoms with E-state index >= 15 is 0 Å². The minimum Gasteiger partial charge on any atom is -0.296 e. The van der Waals surface area contributed by atoms with Gasteiger partial charge in [0.25, 0.3) is 0 Å². The molecule has 0 radical (unpaired) electrons. The molecule has 5 nitrogen and oxygen atoms in total. The van der Waals surface area contributed by atoms with Crippen LogP contribution in [0.1, 0.15) is 5.69 Å². The summed E-state index contributed by atoms with van der Waals surface area (Å²) in [5.74, 6) is 0. The largest absolute Gasteiger partial charge is 0.348 e. The van der Waals surface area contributed by atoms with Gasteiger partial charge < -0.3 is 0 Å². The lowest BCUT2D eigenvalue weighted by atomic mass is 10.3. The maximum atomic E-state index is 11.4. The molecule has 1 aromatic carbocycles. The molecule has 0 saturated carbocycles. The van der Waals surface area contributed by atoms with Gasteiger partial charge in [-0.15, -0.1) is 0 Å². The van der Waals surface area contributed by atoms with Crippen LogP contribution in [0.5, 0.6) is 0 Å². The van der Waals surface area contributed by atoms with Crippen LogP contribution in [0.4, 0.5) is 0 Å². The van der Waals surface area contributed by atoms with Gasteiger partial charge in [-0.3, -0.25) is 4.98 Å². The van der Waals surface area contributed by atoms with E-state index < -0.39 is 5.69 Å². The van der Waals surface area contributed by atoms with E-state index in [0.717, 1.165) is 11.4 Å². The van der Waals surface area contributed by atoms with Gasteiger partial charge in [-0.25, -0.2) is 9.48 Å². The van der Waals surface area contributed by atoms with Crippen molar-refractivity contribution in [2.75, 3.05) is 0 Å². The number of aryl methyl sites for hydroxylation is 1. The molecule has 0 aliphatic carbocycles. The van der Waals surface area contributed by atoms with Gasteiger partial charge in [0, 0.05) is 0 Å². The summed E-state index contributed by atoms with van der Waals surface area (Å²) in [5.41, 5.74) is 1.55. The number of hydrogen-bond donors (Lipinski definition) is 1. The number of rotatable bonds is 1. The van der Waals surface area contributed by atoms with Gasteiger partial charge in [-0.1, -0.05) is 29.8 Å². The molecule has 0 aliphatic heterocycles. The zero-order valence-corrected chi connectivity index (χ0v) is 10.3. The number of nitrogens with zero attached hydrogens (tertiary/aromatic N) is 3. The Morgan fingerprint density at radius 1 is 1.28 bits per heavy atom. The quantitative estimate of drug-likeness (QED) is 0.681. The van der Waals surface area contributed by atoms with Crippen molar-refractivity contribution in [2.24, 2.45) is 0 Å². The normalized spacial score (nSPS) is 11.0. The van der Waals surface area contributed by atoms with E-state index in [-0.39, 0.29) is 5.15 Å². The Morgan fingerprint density at radius 2 is 2.00 bits per heavy atom. The van der Waals surface area contributed by atoms with Crippen LogP contribution >= 0.6 is 11.6 Å². The highest BCUT2D eigenvalue weighted by Gasteiger charge is 2.14. The van der Waals surface area contributed by atoms with Crippen LogP contribution in [0.25, 0.3) is 16.7 Å². The second-order valence-electron chi connectivity index (χ2n) is 3.89. The smallest absolute Gasteiger partial charge is 0.296 e. The predicted molar refractivity (Wildman–Crippen MR) is 69.2 cm³/mol. The average molecular weight is 261 g/mol. The maximum absolute atomic E-state index is 11.4. The summed E-state index contributed by atoms with van der Waals surface area (Å²) in [4.78, 5) is 17.8. The van der Waals surface area contributed by atoms with Crippen molar-refractivity contribution in [3.8, 4) is 5.69 Å². The predicted octanol–water partition coefficient (Wildman–Crippen LogP) is 2.07. The summed E-state index contributed by atoms with van der Waals surface area (Å²) >= 11 is 6.02. The lowest BCUT2D eigenvalue weighted by molar-refractivity contribution is 0.873. The molecule has 18 heavy (non-hydrogen) atoms. The molecule has 0 bridgehead atoms. The molecule has 0 aliphatic rings. The van der Waals surface area contributed by atoms with Gasteiger partial charge >= 0.3 is 5.69 Å². The van der Waals surface area contributed by atoms with Crippen molar-refractivity contribution in [3.05, 3.63) is 51.7 Å². The minimum absolute atomic E-state index is 0.268. The van der Waals surface area contributed by atoms with Crippen molar-refractivity contribution >= 4 is 22.6 Å². The molecule has 2 aromatic heterocycles. The number of aromatic amines is 1. The highest BCUT2D eigenvalue weighted by Crippen LogP contribution is 2.23. The number of aromatic nitrogens is 4. The lowest BCUT2D eigenvalue weighted by Gasteiger charge is -2.01. The van der Waals surface area contributed by atoms with Crippen LogP contribution in [0, 0.1) is 6.92 Å². The Hall–Kier alpha value is -2.14. The Morgan fingerprint density at radius 3 is 2.72 bits per heavy atom. The summed E-state index contributed by atoms with van der Waals surface area (Å²) in [6, 6.07) is 9.49. The van der Waals surface area contributed by atoms with E-state index in [1.807, 2.05) is 37.3 Å². The fraction of sp³-hybridized carbons (Fsp3) is 0.0833. The third-order valence-corrected chi connectivity index (χ3v) is 2.96. The molecular weight excluding hydrogens is 252 g/mol. The number of H-pyrrole nitrogens is 1. The van der Waals surface area contributed by atoms with Crippen LogP contribution in [0.15, 0.2) is 35.1 Å². The zero-order chi connectivity index (χ0) is 12.7. The molecule has 1 N–H and O–H groups in total. The van der Waals surface area contributed by atoms with Gasteiger partial charge in [-0.05, 0) is 19.1 Å². The first-order valence-electron chi connectivity index (χ1n) is 5.37. The Kier molecular flexibility index (Phi) is 2.41. The number of benzene rings is 1. The van der Waals surface area contributed by atoms with E-state index in [0.29, 0.717) is 11.0 Å². The molecule has 6 heteroatoms. The highest BCUT2D eigenvalue weighted by atomic mass is 35.5. The Bertz CT molecular complexity index is 776. The van der Waals surface area contributed by atoms with Crippen molar-refractivity contribution in [1.82, 2.24) is 19.7 Å². The molecule has 0 fully saturated rings. The summed E-state index contributed by atoms with van der Waals surface area (Å²) < 4.78 is 1.62. The highest BCUT2D eigenvalue weighted by molar-refractivity contribution is 6.34. The van der Waals surface area contributed by atoms with Gasteiger partial charge in [0.15, 0.2) is 5.65 Å². The Balaban J connectivity index is 2.42. The van der Waals surface area contributed by atoms with Gasteiger partial charge in [0.05, 0.1) is 16.8 Å². The standard InChI is InChI=1S/C12H9ClN4O/c1-7-9-10(13)14-12(18)15-11(9)17(16-7)8-5-3-2-4-6-8/h2-6H,1H3,(H,14,15,18). The number of hydrogen-bond acceptors (Lipinski definition) is 3. The monoisotopic (exact) mass is 260 g/mol. The molecule has 3 rings (SSSR count). The number of fused-ring (bicyclic) bond motifs is 1. The fourth-order valence-electron chi connectivity index (χ4n) is 1.91. The molecule has 2 heterocycles. The molecule has 0 amide bonds. The van der Waals surface area contributed by atoms with Crippen LogP contribution in [-0.4, -0.2) is 19.7 Å². The van der Waals surface area contributed by atoms with Gasteiger partial charge in [0.2, 0.25) is 0 Å². The van der Waals surface area contributed by atoms with E-state index in [1.54, 1.807) is 4.68 Å². The van der Waals surface area contributed by atoms with E-state index in [9.17, 15) is 4.79 Å². The SMILES string of the molecule is Cc1nn(-c2ccccc2)c2nc(=O)[nH]c(Cl)c12. The fourth-order valence-corrected chi connectivity index (χ4v) is 2.21. The van der Waals surface area contributed by atoms with E-state index in [2.05, 4.69) is 15.1 Å². The van der Waals surface area contributed by atoms with Gasteiger partial charge in [-0.2, -0.15) is 10.1 Å². The zero-order valence-electron chi connectivity index (χ0n) is 9.51. The summed E-state index contributed by atoms with van der Waals surface area (Å²) in [5, 5.41) is 5.31. The first kappa shape index (κ1) is 11.0. The molecule has 0 spiro atoms. The molecule has 0 unspecified atom stereocenters. The summed E-state index contributed by atoms with van der Waals surface area (Å²) in [7, 11) is 0. The summed E-state index contributed by atoms with van der Waals surface area (Å²) in [6.45, 7) is 1.83. The van der Waals surface area contributed by atoms with Gasteiger partial charge in [0.1, 0.15) is 5.15 Å². The molecule has 3 aromatic rings. The van der Waals surface area contributed by atoms with Crippen molar-refractivity contribution in [1.29, 1.82) is 0 Å². The average Bonchev–Trinajstić information content (AvgIpc) is 2.67. The maximum Gasteiger partial charge on any atom is 0.348 e. The van der Waals surface area contributed by atoms with Crippen molar-refractivity contribution < 1.29 is 0 Å². The second-order valence-corrected chi connectivity index (χ2v) is 4.27. The van der Waals surface area contributed by atoms with Crippen LogP contribution in [0.3, 0.4) is 0 Å². The third-order valence-electron chi connectivity index (χ3n) is 2.68. The van der Waals surface area contributed by atoms with Crippen molar-refractivity contribution in [3.63, 3.8) is 0 Å². The number of halogens is 1. The third kappa shape index (κ3) is 1.60. The van der Waals surface area contributed by atoms with Crippen molar-refractivity contribution in [2.45, 2.75) is 6.92 Å². The van der Waals surface area contributed by atoms with Crippen LogP contribution in [0.2, 0.25) is 5.15 Å². The Labute approximate surface area is 107 Å². The number of nitrogens with one attached hydrogen (secondary N) is 1. The van der Waals surface area contributed by atoms with Crippen LogP contribution in [-0.2, 0) is 0 Å². The van der Waals surface area contributed by atoms with E-state index in [4.69, 9.17) is 11.6 Å². The summed E-state index contributed by atoms with van der Waals surface area (Å²) in [6.07, 6.45) is 0. The number of para-hydroxylation sites is 1. The molecule has 0 atom stereocenters. The lowest BCUT2D eigenvalue weighted by Crippen LogP contribution is -2.11. The van der Waals surface area contributed by atoms with E-state index in [1.165, 1.54) is 0 Å². The first-order valence-corrected chi connectivity index (χ1v) is 5.75. The topological polar surface area (TPSA) is 63.6 Å². The first-order chi connectivity index (χ1) is 8.66. The van der Waals surface area contributed by atoms with Crippen LogP contribution < -0.4 is 5.69 Å². The molecular formula is C12H9ClN4O. The molecule has 0 saturated heterocycles. The minimum atomic E-state index is -0.482. The second kappa shape index (κ2) is 3.96. The molecule has 90 valence electrons.